The fourth-order valence-electron chi connectivity index (χ4n) is 4.13. The van der Waals surface area contributed by atoms with Crippen LogP contribution in [0.4, 0.5) is 0 Å². The second-order valence-corrected chi connectivity index (χ2v) is 9.65. The van der Waals surface area contributed by atoms with E-state index in [2.05, 4.69) is 12.1 Å². The molecule has 1 spiro atoms. The third kappa shape index (κ3) is 4.23. The molecule has 138 valence electrons. The van der Waals surface area contributed by atoms with Crippen LogP contribution in [0.2, 0.25) is 0 Å². The summed E-state index contributed by atoms with van der Waals surface area (Å²) >= 11 is 0. The molecule has 0 unspecified atom stereocenters. The van der Waals surface area contributed by atoms with Gasteiger partial charge in [-0.1, -0.05) is 30.3 Å². The number of carbonyl (C=O) groups excluding carboxylic acids is 1. The molecule has 2 saturated heterocycles. The van der Waals surface area contributed by atoms with Gasteiger partial charge in [0.1, 0.15) is 0 Å². The van der Waals surface area contributed by atoms with Gasteiger partial charge in [-0.15, -0.1) is 0 Å². The van der Waals surface area contributed by atoms with Crippen LogP contribution < -0.4 is 0 Å². The van der Waals surface area contributed by atoms with E-state index in [0.717, 1.165) is 25.7 Å². The van der Waals surface area contributed by atoms with Gasteiger partial charge >= 0.3 is 0 Å². The standard InChI is InChI=1S/C19H28N2O3S/c1-2-25(23,24)21-13-6-11-19(16-21)12-9-18(22)20(15-19)14-10-17-7-4-3-5-8-17/h3-5,7-8H,2,6,9-16H2,1H3/t19-/m1/s1. The maximum absolute atomic E-state index is 12.4. The van der Waals surface area contributed by atoms with Crippen LogP contribution in [0, 0.1) is 5.41 Å². The molecular formula is C19H28N2O3S. The van der Waals surface area contributed by atoms with E-state index < -0.39 is 10.0 Å². The molecule has 0 radical (unpaired) electrons. The number of amides is 1. The Bertz CT molecular complexity index is 705. The molecule has 25 heavy (non-hydrogen) atoms. The zero-order valence-electron chi connectivity index (χ0n) is 15.0. The molecule has 2 heterocycles. The van der Waals surface area contributed by atoms with Crippen molar-refractivity contribution in [3.63, 3.8) is 0 Å². The van der Waals surface area contributed by atoms with Crippen molar-refractivity contribution in [1.82, 2.24) is 9.21 Å². The number of benzene rings is 1. The minimum absolute atomic E-state index is 0.0644. The third-order valence-electron chi connectivity index (χ3n) is 5.65. The Hall–Kier alpha value is -1.40. The van der Waals surface area contributed by atoms with Crippen LogP contribution in [0.1, 0.15) is 38.2 Å². The van der Waals surface area contributed by atoms with Crippen molar-refractivity contribution in [2.45, 2.75) is 39.0 Å². The highest BCUT2D eigenvalue weighted by Gasteiger charge is 2.43. The Morgan fingerprint density at radius 2 is 1.88 bits per heavy atom. The van der Waals surface area contributed by atoms with E-state index in [0.29, 0.717) is 32.6 Å². The molecule has 0 aliphatic carbocycles. The Morgan fingerprint density at radius 3 is 2.60 bits per heavy atom. The number of sulfonamides is 1. The highest BCUT2D eigenvalue weighted by molar-refractivity contribution is 7.89. The first-order valence-electron chi connectivity index (χ1n) is 9.24. The second kappa shape index (κ2) is 7.46. The maximum atomic E-state index is 12.4. The van der Waals surface area contributed by atoms with E-state index in [9.17, 15) is 13.2 Å². The van der Waals surface area contributed by atoms with E-state index in [-0.39, 0.29) is 17.1 Å². The summed E-state index contributed by atoms with van der Waals surface area (Å²) < 4.78 is 26.2. The first-order valence-corrected chi connectivity index (χ1v) is 10.8. The lowest BCUT2D eigenvalue weighted by molar-refractivity contribution is -0.138. The highest BCUT2D eigenvalue weighted by atomic mass is 32.2. The molecular weight excluding hydrogens is 336 g/mol. The zero-order valence-corrected chi connectivity index (χ0v) is 15.8. The first kappa shape index (κ1) is 18.4. The van der Waals surface area contributed by atoms with Gasteiger partial charge in [-0.3, -0.25) is 4.79 Å². The average Bonchev–Trinajstić information content (AvgIpc) is 2.64. The summed E-state index contributed by atoms with van der Waals surface area (Å²) in [5, 5.41) is 0. The smallest absolute Gasteiger partial charge is 0.222 e. The van der Waals surface area contributed by atoms with Crippen LogP contribution in [0.3, 0.4) is 0 Å². The molecule has 3 rings (SSSR count). The normalized spacial score (nSPS) is 25.5. The lowest BCUT2D eigenvalue weighted by Gasteiger charge is -2.47. The number of likely N-dealkylation sites (tertiary alicyclic amines) is 1. The quantitative estimate of drug-likeness (QED) is 0.805. The molecule has 1 amide bonds. The Balaban J connectivity index is 1.67. The SMILES string of the molecule is CCS(=O)(=O)N1CCC[C@]2(CCC(=O)N(CCc3ccccc3)C2)C1. The number of hydrogen-bond donors (Lipinski definition) is 0. The molecule has 2 aliphatic rings. The lowest BCUT2D eigenvalue weighted by atomic mass is 9.74. The Kier molecular flexibility index (Phi) is 5.49. The lowest BCUT2D eigenvalue weighted by Crippen LogP contribution is -2.55. The summed E-state index contributed by atoms with van der Waals surface area (Å²) in [6.07, 6.45) is 4.09. The summed E-state index contributed by atoms with van der Waals surface area (Å²) in [6.45, 7) is 4.29. The number of hydrogen-bond acceptors (Lipinski definition) is 3. The maximum Gasteiger partial charge on any atom is 0.222 e. The molecule has 2 fully saturated rings. The summed E-state index contributed by atoms with van der Waals surface area (Å²) in [6, 6.07) is 10.2. The Labute approximate surface area is 151 Å². The second-order valence-electron chi connectivity index (χ2n) is 7.39. The van der Waals surface area contributed by atoms with Crippen LogP contribution in [-0.4, -0.2) is 55.5 Å². The van der Waals surface area contributed by atoms with E-state index in [4.69, 9.17) is 0 Å². The molecule has 6 heteroatoms. The first-order chi connectivity index (χ1) is 11.9. The van der Waals surface area contributed by atoms with E-state index in [1.807, 2.05) is 23.1 Å². The molecule has 0 aromatic heterocycles. The molecule has 2 aliphatic heterocycles. The van der Waals surface area contributed by atoms with Crippen molar-refractivity contribution in [3.05, 3.63) is 35.9 Å². The minimum atomic E-state index is -3.15. The van der Waals surface area contributed by atoms with Crippen LogP contribution in [0.5, 0.6) is 0 Å². The van der Waals surface area contributed by atoms with Crippen molar-refractivity contribution in [2.24, 2.45) is 5.41 Å². The number of rotatable bonds is 5. The van der Waals surface area contributed by atoms with Gasteiger partial charge in [0, 0.05) is 38.0 Å². The summed E-state index contributed by atoms with van der Waals surface area (Å²) in [5.41, 5.74) is 1.17. The van der Waals surface area contributed by atoms with Crippen molar-refractivity contribution >= 4 is 15.9 Å². The average molecular weight is 365 g/mol. The van der Waals surface area contributed by atoms with Crippen molar-refractivity contribution < 1.29 is 13.2 Å². The summed E-state index contributed by atoms with van der Waals surface area (Å²) in [4.78, 5) is 14.3. The van der Waals surface area contributed by atoms with Crippen LogP contribution >= 0.6 is 0 Å². The van der Waals surface area contributed by atoms with Crippen molar-refractivity contribution in [3.8, 4) is 0 Å². The summed E-state index contributed by atoms with van der Waals surface area (Å²) in [7, 11) is -3.15. The molecule has 0 bridgehead atoms. The molecule has 0 saturated carbocycles. The van der Waals surface area contributed by atoms with Crippen molar-refractivity contribution in [2.75, 3.05) is 31.9 Å². The van der Waals surface area contributed by atoms with E-state index >= 15 is 0 Å². The monoisotopic (exact) mass is 364 g/mol. The van der Waals surface area contributed by atoms with Gasteiger partial charge in [-0.05, 0) is 38.2 Å². The van der Waals surface area contributed by atoms with Gasteiger partial charge in [-0.25, -0.2) is 12.7 Å². The van der Waals surface area contributed by atoms with E-state index in [1.165, 1.54) is 5.56 Å². The van der Waals surface area contributed by atoms with Crippen LogP contribution in [0.15, 0.2) is 30.3 Å². The van der Waals surface area contributed by atoms with Crippen LogP contribution in [0.25, 0.3) is 0 Å². The number of nitrogens with zero attached hydrogens (tertiary/aromatic N) is 2. The zero-order chi connectivity index (χ0) is 17.9. The van der Waals surface area contributed by atoms with Gasteiger partial charge < -0.3 is 4.90 Å². The van der Waals surface area contributed by atoms with Gasteiger partial charge in [0.15, 0.2) is 0 Å². The molecule has 0 N–H and O–H groups in total. The number of carbonyl (C=O) groups is 1. The topological polar surface area (TPSA) is 57.7 Å². The molecule has 1 aromatic rings. The predicted molar refractivity (Wildman–Crippen MR) is 98.7 cm³/mol. The molecule has 5 nitrogen and oxygen atoms in total. The molecule has 1 atom stereocenters. The van der Waals surface area contributed by atoms with Gasteiger partial charge in [0.25, 0.3) is 0 Å². The largest absolute Gasteiger partial charge is 0.342 e. The van der Waals surface area contributed by atoms with Gasteiger partial charge in [-0.2, -0.15) is 0 Å². The van der Waals surface area contributed by atoms with Crippen molar-refractivity contribution in [1.29, 1.82) is 0 Å². The van der Waals surface area contributed by atoms with Gasteiger partial charge in [0.05, 0.1) is 5.75 Å². The third-order valence-corrected chi connectivity index (χ3v) is 7.47. The van der Waals surface area contributed by atoms with Gasteiger partial charge in [0.2, 0.25) is 15.9 Å². The minimum Gasteiger partial charge on any atom is -0.342 e. The Morgan fingerprint density at radius 1 is 1.12 bits per heavy atom. The van der Waals surface area contributed by atoms with Crippen LogP contribution in [-0.2, 0) is 21.2 Å². The number of piperidine rings is 2. The molecule has 1 aromatic carbocycles. The predicted octanol–water partition coefficient (Wildman–Crippen LogP) is 2.28. The fraction of sp³-hybridized carbons (Fsp3) is 0.632. The van der Waals surface area contributed by atoms with E-state index in [1.54, 1.807) is 11.2 Å². The summed E-state index contributed by atoms with van der Waals surface area (Å²) in [5.74, 6) is 0.358. The fourth-order valence-corrected chi connectivity index (χ4v) is 5.37. The highest BCUT2D eigenvalue weighted by Crippen LogP contribution is 2.39.